The van der Waals surface area contributed by atoms with Gasteiger partial charge in [0.15, 0.2) is 0 Å². The molecular weight excluding hydrogens is 298 g/mol. The quantitative estimate of drug-likeness (QED) is 0.378. The molecule has 0 unspecified atom stereocenters. The predicted molar refractivity (Wildman–Crippen MR) is 75.1 cm³/mol. The van der Waals surface area contributed by atoms with Gasteiger partial charge in [0.05, 0.1) is 16.8 Å². The van der Waals surface area contributed by atoms with E-state index in [9.17, 15) is 14.9 Å². The van der Waals surface area contributed by atoms with E-state index < -0.39 is 10.8 Å². The molecule has 1 amide bonds. The fourth-order valence-corrected chi connectivity index (χ4v) is 1.86. The van der Waals surface area contributed by atoms with Crippen molar-refractivity contribution in [1.82, 2.24) is 19.9 Å². The lowest BCUT2D eigenvalue weighted by atomic mass is 10.2. The number of halogens is 1. The van der Waals surface area contributed by atoms with E-state index in [0.717, 1.165) is 12.3 Å². The molecule has 0 spiro atoms. The van der Waals surface area contributed by atoms with Crippen molar-refractivity contribution in [2.45, 2.75) is 13.0 Å². The summed E-state index contributed by atoms with van der Waals surface area (Å²) in [6.45, 7) is 1.12. The van der Waals surface area contributed by atoms with Crippen LogP contribution in [0.25, 0.3) is 0 Å². The summed E-state index contributed by atoms with van der Waals surface area (Å²) in [5, 5.41) is 13.2. The predicted octanol–water partition coefficient (Wildman–Crippen LogP) is 1.66. The van der Waals surface area contributed by atoms with Crippen molar-refractivity contribution in [3.63, 3.8) is 0 Å². The molecule has 0 fully saturated rings. The Morgan fingerprint density at radius 1 is 1.52 bits per heavy atom. The number of nitrogens with one attached hydrogen (secondary N) is 1. The van der Waals surface area contributed by atoms with Gasteiger partial charge in [0.1, 0.15) is 11.3 Å². The first-order valence-corrected chi connectivity index (χ1v) is 6.49. The molecule has 9 heteroatoms. The fraction of sp³-hybridized carbons (Fsp3) is 0.250. The van der Waals surface area contributed by atoms with E-state index in [1.807, 2.05) is 10.8 Å². The van der Waals surface area contributed by atoms with Crippen LogP contribution in [0.3, 0.4) is 0 Å². The van der Waals surface area contributed by atoms with E-state index in [2.05, 4.69) is 15.3 Å². The normalized spacial score (nSPS) is 10.3. The molecule has 2 rings (SSSR count). The van der Waals surface area contributed by atoms with Crippen LogP contribution in [-0.4, -0.2) is 31.9 Å². The molecule has 110 valence electrons. The molecule has 2 heterocycles. The van der Waals surface area contributed by atoms with Crippen LogP contribution in [0.4, 0.5) is 5.69 Å². The highest BCUT2D eigenvalue weighted by molar-refractivity contribution is 6.32. The minimum atomic E-state index is -0.626. The van der Waals surface area contributed by atoms with Gasteiger partial charge in [0.2, 0.25) is 0 Å². The van der Waals surface area contributed by atoms with Crippen molar-refractivity contribution in [1.29, 1.82) is 0 Å². The van der Waals surface area contributed by atoms with Gasteiger partial charge in [-0.25, -0.2) is 9.97 Å². The first kappa shape index (κ1) is 14.9. The summed E-state index contributed by atoms with van der Waals surface area (Å²) >= 11 is 5.78. The van der Waals surface area contributed by atoms with Gasteiger partial charge in [-0.15, -0.1) is 0 Å². The van der Waals surface area contributed by atoms with Gasteiger partial charge in [-0.2, -0.15) is 0 Å². The molecule has 2 aromatic rings. The van der Waals surface area contributed by atoms with Crippen molar-refractivity contribution in [3.8, 4) is 0 Å². The van der Waals surface area contributed by atoms with Crippen molar-refractivity contribution in [2.24, 2.45) is 0 Å². The molecular formula is C12H12ClN5O3. The van der Waals surface area contributed by atoms with Gasteiger partial charge in [-0.1, -0.05) is 11.6 Å². The maximum atomic E-state index is 11.9. The summed E-state index contributed by atoms with van der Waals surface area (Å²) < 4.78 is 1.88. The fourth-order valence-electron chi connectivity index (χ4n) is 1.67. The number of hydrogen-bond acceptors (Lipinski definition) is 5. The molecule has 2 aromatic heterocycles. The lowest BCUT2D eigenvalue weighted by Gasteiger charge is -2.06. The molecule has 0 aliphatic heterocycles. The van der Waals surface area contributed by atoms with Gasteiger partial charge >= 0.3 is 0 Å². The maximum Gasteiger partial charge on any atom is 0.288 e. The third-order valence-electron chi connectivity index (χ3n) is 2.72. The summed E-state index contributed by atoms with van der Waals surface area (Å²) in [4.78, 5) is 29.5. The minimum Gasteiger partial charge on any atom is -0.352 e. The zero-order chi connectivity index (χ0) is 15.2. The Morgan fingerprint density at radius 2 is 2.33 bits per heavy atom. The van der Waals surface area contributed by atoms with Crippen LogP contribution in [0.15, 0.2) is 31.0 Å². The average molecular weight is 310 g/mol. The second-order valence-corrected chi connectivity index (χ2v) is 4.56. The Morgan fingerprint density at radius 3 is 3.00 bits per heavy atom. The van der Waals surface area contributed by atoms with Gasteiger partial charge < -0.3 is 9.88 Å². The third kappa shape index (κ3) is 3.99. The SMILES string of the molecule is O=C(NCCCn1ccnc1)c1cc([N+](=O)[O-])cnc1Cl. The van der Waals surface area contributed by atoms with E-state index in [0.29, 0.717) is 19.5 Å². The van der Waals surface area contributed by atoms with Crippen LogP contribution >= 0.6 is 11.6 Å². The van der Waals surface area contributed by atoms with Crippen molar-refractivity contribution >= 4 is 23.2 Å². The smallest absolute Gasteiger partial charge is 0.288 e. The number of carbonyl (C=O) groups is 1. The Balaban J connectivity index is 1.90. The molecule has 0 saturated heterocycles. The highest BCUT2D eigenvalue weighted by atomic mass is 35.5. The summed E-state index contributed by atoms with van der Waals surface area (Å²) in [6.07, 6.45) is 6.89. The summed E-state index contributed by atoms with van der Waals surface area (Å²) in [5.74, 6) is -0.484. The van der Waals surface area contributed by atoms with E-state index in [-0.39, 0.29) is 16.4 Å². The zero-order valence-corrected chi connectivity index (χ0v) is 11.7. The van der Waals surface area contributed by atoms with E-state index >= 15 is 0 Å². The number of nitrogens with zero attached hydrogens (tertiary/aromatic N) is 4. The second-order valence-electron chi connectivity index (χ2n) is 4.20. The molecule has 0 aliphatic carbocycles. The lowest BCUT2D eigenvalue weighted by molar-refractivity contribution is -0.385. The summed E-state index contributed by atoms with van der Waals surface area (Å²) in [5.41, 5.74) is -0.281. The number of aryl methyl sites for hydroxylation is 1. The molecule has 21 heavy (non-hydrogen) atoms. The summed E-state index contributed by atoms with van der Waals surface area (Å²) in [6, 6.07) is 1.11. The molecule has 0 aliphatic rings. The van der Waals surface area contributed by atoms with E-state index in [4.69, 9.17) is 11.6 Å². The number of pyridine rings is 1. The van der Waals surface area contributed by atoms with Gasteiger partial charge in [-0.05, 0) is 6.42 Å². The van der Waals surface area contributed by atoms with Crippen LogP contribution in [0.5, 0.6) is 0 Å². The van der Waals surface area contributed by atoms with Crippen molar-refractivity contribution in [2.75, 3.05) is 6.54 Å². The summed E-state index contributed by atoms with van der Waals surface area (Å²) in [7, 11) is 0. The van der Waals surface area contributed by atoms with Gasteiger partial charge in [0, 0.05) is 31.5 Å². The number of carbonyl (C=O) groups excluding carboxylic acids is 1. The van der Waals surface area contributed by atoms with Crippen molar-refractivity contribution in [3.05, 3.63) is 51.8 Å². The average Bonchev–Trinajstić information content (AvgIpc) is 2.96. The monoisotopic (exact) mass is 309 g/mol. The Kier molecular flexibility index (Phi) is 4.83. The standard InChI is InChI=1S/C12H12ClN5O3/c13-11-10(6-9(7-16-11)18(20)21)12(19)15-2-1-4-17-5-3-14-8-17/h3,5-8H,1-2,4H2,(H,15,19). The second kappa shape index (κ2) is 6.80. The number of imidazole rings is 1. The van der Waals surface area contributed by atoms with Gasteiger partial charge in [0.25, 0.3) is 11.6 Å². The number of nitro groups is 1. The Bertz CT molecular complexity index is 644. The Labute approximate surface area is 124 Å². The maximum absolute atomic E-state index is 11.9. The molecule has 0 radical (unpaired) electrons. The van der Waals surface area contributed by atoms with E-state index in [1.165, 1.54) is 0 Å². The first-order valence-electron chi connectivity index (χ1n) is 6.12. The molecule has 0 aromatic carbocycles. The highest BCUT2D eigenvalue weighted by Crippen LogP contribution is 2.18. The molecule has 0 saturated carbocycles. The van der Waals surface area contributed by atoms with Crippen LogP contribution in [-0.2, 0) is 6.54 Å². The molecule has 8 nitrogen and oxygen atoms in total. The minimum absolute atomic E-state index is 0.00602. The molecule has 0 atom stereocenters. The number of rotatable bonds is 6. The zero-order valence-electron chi connectivity index (χ0n) is 10.9. The molecule has 0 bridgehead atoms. The Hall–Kier alpha value is -2.48. The van der Waals surface area contributed by atoms with Crippen molar-refractivity contribution < 1.29 is 9.72 Å². The lowest BCUT2D eigenvalue weighted by Crippen LogP contribution is -2.25. The topological polar surface area (TPSA) is 103 Å². The third-order valence-corrected chi connectivity index (χ3v) is 3.02. The van der Waals surface area contributed by atoms with Crippen LogP contribution in [0.2, 0.25) is 5.15 Å². The largest absolute Gasteiger partial charge is 0.352 e. The first-order chi connectivity index (χ1) is 10.1. The molecule has 1 N–H and O–H groups in total. The van der Waals surface area contributed by atoms with Gasteiger partial charge in [-0.3, -0.25) is 14.9 Å². The van der Waals surface area contributed by atoms with Crippen LogP contribution in [0.1, 0.15) is 16.8 Å². The number of hydrogen-bond donors (Lipinski definition) is 1. The number of amides is 1. The number of aromatic nitrogens is 3. The van der Waals surface area contributed by atoms with E-state index in [1.54, 1.807) is 12.5 Å². The van der Waals surface area contributed by atoms with Crippen LogP contribution < -0.4 is 5.32 Å². The highest BCUT2D eigenvalue weighted by Gasteiger charge is 2.16. The van der Waals surface area contributed by atoms with Crippen LogP contribution in [0, 0.1) is 10.1 Å².